The molecule has 4 aromatic rings. The van der Waals surface area contributed by atoms with Gasteiger partial charge in [-0.2, -0.15) is 0 Å². The number of aliphatic carboxylic acids is 1. The quantitative estimate of drug-likeness (QED) is 0.451. The molecule has 0 heterocycles. The van der Waals surface area contributed by atoms with Gasteiger partial charge < -0.3 is 5.11 Å². The third-order valence-electron chi connectivity index (χ3n) is 6.90. The van der Waals surface area contributed by atoms with E-state index in [9.17, 15) is 9.90 Å². The minimum Gasteiger partial charge on any atom is -0.480 e. The van der Waals surface area contributed by atoms with E-state index in [-0.39, 0.29) is 5.92 Å². The van der Waals surface area contributed by atoms with E-state index in [0.717, 1.165) is 22.3 Å². The molecule has 1 N–H and O–H groups in total. The van der Waals surface area contributed by atoms with Crippen LogP contribution in [0.1, 0.15) is 34.6 Å². The Balaban J connectivity index is 1.61. The fourth-order valence-corrected chi connectivity index (χ4v) is 5.65. The molecule has 0 amide bonds. The lowest BCUT2D eigenvalue weighted by atomic mass is 9.70. The van der Waals surface area contributed by atoms with Crippen LogP contribution in [0.15, 0.2) is 97.1 Å². The van der Waals surface area contributed by atoms with E-state index in [1.54, 1.807) is 0 Å². The van der Waals surface area contributed by atoms with Gasteiger partial charge in [-0.3, -0.25) is 4.79 Å². The maximum absolute atomic E-state index is 13.1. The van der Waals surface area contributed by atoms with Gasteiger partial charge in [0, 0.05) is 5.92 Å². The zero-order valence-electron chi connectivity index (χ0n) is 16.4. The lowest BCUT2D eigenvalue weighted by Crippen LogP contribution is -2.37. The Kier molecular flexibility index (Phi) is 3.54. The lowest BCUT2D eigenvalue weighted by molar-refractivity contribution is -0.142. The molecule has 2 aliphatic rings. The van der Waals surface area contributed by atoms with Crippen molar-refractivity contribution in [3.63, 3.8) is 0 Å². The van der Waals surface area contributed by atoms with Crippen molar-refractivity contribution < 1.29 is 9.90 Å². The summed E-state index contributed by atoms with van der Waals surface area (Å²) in [5, 5.41) is 10.7. The zero-order chi connectivity index (χ0) is 20.3. The maximum atomic E-state index is 13.1. The molecule has 4 aromatic carbocycles. The van der Waals surface area contributed by atoms with Crippen LogP contribution >= 0.6 is 0 Å². The van der Waals surface area contributed by atoms with Gasteiger partial charge in [-0.15, -0.1) is 0 Å². The number of carbonyl (C=O) groups is 1. The van der Waals surface area contributed by atoms with Crippen molar-refractivity contribution in [2.75, 3.05) is 0 Å². The molecule has 0 radical (unpaired) electrons. The molecular formula is C28H20O2. The van der Waals surface area contributed by atoms with E-state index >= 15 is 0 Å². The van der Waals surface area contributed by atoms with Gasteiger partial charge in [0.15, 0.2) is 0 Å². The Morgan fingerprint density at radius 2 is 1.03 bits per heavy atom. The van der Waals surface area contributed by atoms with Crippen LogP contribution in [-0.4, -0.2) is 11.1 Å². The number of rotatable bonds is 3. The zero-order valence-corrected chi connectivity index (χ0v) is 16.4. The lowest BCUT2D eigenvalue weighted by Gasteiger charge is -2.31. The fraction of sp³-hybridized carbons (Fsp3) is 0.107. The molecule has 6 rings (SSSR count). The Hall–Kier alpha value is -3.65. The molecule has 0 aliphatic heterocycles. The van der Waals surface area contributed by atoms with Crippen LogP contribution in [0.5, 0.6) is 0 Å². The van der Waals surface area contributed by atoms with Crippen LogP contribution in [0.25, 0.3) is 22.3 Å². The number of hydrogen-bond donors (Lipinski definition) is 1. The first-order valence-corrected chi connectivity index (χ1v) is 10.3. The molecule has 2 heteroatoms. The molecule has 30 heavy (non-hydrogen) atoms. The van der Waals surface area contributed by atoms with E-state index in [2.05, 4.69) is 60.7 Å². The number of fused-ring (bicyclic) bond motifs is 6. The second kappa shape index (κ2) is 6.17. The number of benzene rings is 4. The predicted molar refractivity (Wildman–Crippen MR) is 119 cm³/mol. The van der Waals surface area contributed by atoms with Crippen molar-refractivity contribution in [2.24, 2.45) is 0 Å². The summed E-state index contributed by atoms with van der Waals surface area (Å²) < 4.78 is 0. The van der Waals surface area contributed by atoms with E-state index in [1.165, 1.54) is 22.3 Å². The van der Waals surface area contributed by atoms with Gasteiger partial charge in [0.25, 0.3) is 0 Å². The molecule has 144 valence electrons. The first-order valence-electron chi connectivity index (χ1n) is 10.3. The monoisotopic (exact) mass is 388 g/mol. The second-order valence-electron chi connectivity index (χ2n) is 8.23. The summed E-state index contributed by atoms with van der Waals surface area (Å²) in [6.45, 7) is 0. The topological polar surface area (TPSA) is 37.3 Å². The highest BCUT2D eigenvalue weighted by Crippen LogP contribution is 2.56. The standard InChI is InChI=1S/C28H20O2/c29-27(30)28(25-15-7-5-13-22(25)23-14-6-8-16-26(23)28)17-24-20-11-3-1-9-18(20)19-10-2-4-12-21(19)24/h1-16,24H,17H2,(H,29,30). The van der Waals surface area contributed by atoms with Gasteiger partial charge in [0.05, 0.1) is 0 Å². The average molecular weight is 388 g/mol. The summed E-state index contributed by atoms with van der Waals surface area (Å²) in [4.78, 5) is 13.1. The molecule has 0 aromatic heterocycles. The molecule has 2 aliphatic carbocycles. The number of carboxylic acid groups (broad SMARTS) is 1. The molecule has 2 nitrogen and oxygen atoms in total. The van der Waals surface area contributed by atoms with Crippen molar-refractivity contribution in [3.05, 3.63) is 119 Å². The fourth-order valence-electron chi connectivity index (χ4n) is 5.65. The summed E-state index contributed by atoms with van der Waals surface area (Å²) in [5.74, 6) is -0.741. The Morgan fingerprint density at radius 3 is 1.50 bits per heavy atom. The van der Waals surface area contributed by atoms with Crippen molar-refractivity contribution >= 4 is 5.97 Å². The molecule has 0 atom stereocenters. The first-order chi connectivity index (χ1) is 14.7. The van der Waals surface area contributed by atoms with Gasteiger partial charge in [-0.25, -0.2) is 0 Å². The third kappa shape index (κ3) is 2.11. The summed E-state index contributed by atoms with van der Waals surface area (Å²) in [6, 6.07) is 32.8. The van der Waals surface area contributed by atoms with Crippen LogP contribution < -0.4 is 0 Å². The van der Waals surface area contributed by atoms with E-state index < -0.39 is 11.4 Å². The van der Waals surface area contributed by atoms with Crippen molar-refractivity contribution in [1.82, 2.24) is 0 Å². The Morgan fingerprint density at radius 1 is 0.633 bits per heavy atom. The highest BCUT2D eigenvalue weighted by atomic mass is 16.4. The minimum atomic E-state index is -1.07. The van der Waals surface area contributed by atoms with Gasteiger partial charge in [-0.1, -0.05) is 97.1 Å². The molecular weight excluding hydrogens is 368 g/mol. The number of carboxylic acids is 1. The Bertz CT molecular complexity index is 1230. The van der Waals surface area contributed by atoms with Crippen LogP contribution in [0.4, 0.5) is 0 Å². The van der Waals surface area contributed by atoms with E-state index in [4.69, 9.17) is 0 Å². The molecule has 0 unspecified atom stereocenters. The van der Waals surface area contributed by atoms with Gasteiger partial charge in [0.2, 0.25) is 0 Å². The second-order valence-corrected chi connectivity index (χ2v) is 8.23. The van der Waals surface area contributed by atoms with Crippen LogP contribution in [-0.2, 0) is 10.2 Å². The van der Waals surface area contributed by atoms with Gasteiger partial charge in [-0.05, 0) is 50.9 Å². The largest absolute Gasteiger partial charge is 0.480 e. The van der Waals surface area contributed by atoms with Crippen LogP contribution in [0, 0.1) is 0 Å². The first kappa shape index (κ1) is 17.2. The van der Waals surface area contributed by atoms with E-state index in [1.807, 2.05) is 36.4 Å². The van der Waals surface area contributed by atoms with Gasteiger partial charge >= 0.3 is 5.97 Å². The van der Waals surface area contributed by atoms with E-state index in [0.29, 0.717) is 6.42 Å². The smallest absolute Gasteiger partial charge is 0.318 e. The van der Waals surface area contributed by atoms with Crippen molar-refractivity contribution in [2.45, 2.75) is 17.8 Å². The maximum Gasteiger partial charge on any atom is 0.318 e. The Labute approximate surface area is 175 Å². The normalized spacial score (nSPS) is 15.2. The number of hydrogen-bond acceptors (Lipinski definition) is 1. The molecule has 0 bridgehead atoms. The SMILES string of the molecule is O=C(O)C1(CC2c3ccccc3-c3ccccc32)c2ccccc2-c2ccccc21. The van der Waals surface area contributed by atoms with Crippen LogP contribution in [0.3, 0.4) is 0 Å². The summed E-state index contributed by atoms with van der Waals surface area (Å²) in [7, 11) is 0. The molecule has 0 saturated heterocycles. The van der Waals surface area contributed by atoms with Crippen molar-refractivity contribution in [1.29, 1.82) is 0 Å². The molecule has 0 saturated carbocycles. The molecule has 0 fully saturated rings. The predicted octanol–water partition coefficient (Wildman–Crippen LogP) is 6.24. The highest BCUT2D eigenvalue weighted by molar-refractivity contribution is 5.97. The minimum absolute atomic E-state index is 0.0349. The summed E-state index contributed by atoms with van der Waals surface area (Å²) in [5.41, 5.74) is 7.70. The third-order valence-corrected chi connectivity index (χ3v) is 6.90. The summed E-state index contributed by atoms with van der Waals surface area (Å²) in [6.07, 6.45) is 0.504. The van der Waals surface area contributed by atoms with Gasteiger partial charge in [0.1, 0.15) is 5.41 Å². The molecule has 0 spiro atoms. The summed E-state index contributed by atoms with van der Waals surface area (Å²) >= 11 is 0. The highest BCUT2D eigenvalue weighted by Gasteiger charge is 2.51. The van der Waals surface area contributed by atoms with Crippen molar-refractivity contribution in [3.8, 4) is 22.3 Å². The van der Waals surface area contributed by atoms with Crippen LogP contribution in [0.2, 0.25) is 0 Å². The average Bonchev–Trinajstić information content (AvgIpc) is 3.26.